The van der Waals surface area contributed by atoms with Crippen LogP contribution in [-0.2, 0) is 22.5 Å². The van der Waals surface area contributed by atoms with Crippen molar-refractivity contribution in [3.63, 3.8) is 0 Å². The van der Waals surface area contributed by atoms with Gasteiger partial charge in [0.25, 0.3) is 0 Å². The molecule has 0 saturated carbocycles. The lowest BCUT2D eigenvalue weighted by Crippen LogP contribution is -2.28. The van der Waals surface area contributed by atoms with Crippen molar-refractivity contribution in [2.24, 2.45) is 0 Å². The summed E-state index contributed by atoms with van der Waals surface area (Å²) >= 11 is 11.9. The molecule has 182 valence electrons. The number of benzene rings is 3. The molecule has 4 aromatic rings. The lowest BCUT2D eigenvalue weighted by molar-refractivity contribution is -0.139. The number of fused-ring (bicyclic) bond motifs is 1. The van der Waals surface area contributed by atoms with Gasteiger partial charge in [0, 0.05) is 29.4 Å². The summed E-state index contributed by atoms with van der Waals surface area (Å²) in [6.45, 7) is 0.268. The molecule has 9 heteroatoms. The van der Waals surface area contributed by atoms with Gasteiger partial charge in [0.1, 0.15) is 5.69 Å². The van der Waals surface area contributed by atoms with E-state index < -0.39 is 6.03 Å². The molecule has 36 heavy (non-hydrogen) atoms. The van der Waals surface area contributed by atoms with Crippen LogP contribution in [0.3, 0.4) is 0 Å². The van der Waals surface area contributed by atoms with E-state index in [2.05, 4.69) is 15.6 Å². The molecular formula is C27H21Cl2N3O4. The fourth-order valence-corrected chi connectivity index (χ4v) is 3.97. The zero-order valence-corrected chi connectivity index (χ0v) is 20.7. The van der Waals surface area contributed by atoms with E-state index in [4.69, 9.17) is 27.9 Å². The Morgan fingerprint density at radius 3 is 2.33 bits per heavy atom. The summed E-state index contributed by atoms with van der Waals surface area (Å²) in [5.74, 6) is -0.656. The summed E-state index contributed by atoms with van der Waals surface area (Å²) in [6.07, 6.45) is 1.59. The molecule has 4 rings (SSSR count). The van der Waals surface area contributed by atoms with Gasteiger partial charge in [0.2, 0.25) is 5.78 Å². The molecule has 2 amide bonds. The van der Waals surface area contributed by atoms with Gasteiger partial charge >= 0.3 is 12.0 Å². The van der Waals surface area contributed by atoms with Crippen molar-refractivity contribution >= 4 is 57.4 Å². The standard InChI is InChI=1S/C27H21Cl2N3O4/c1-36-24(33)13-18-15-30-25(21-5-3-2-4-20(18)21)26(34)17-7-9-19(10-8-17)32-27(35)31-14-16-6-11-22(28)23(29)12-16/h2-12,15H,13-14H2,1H3,(H2,31,32,35). The Kier molecular flexibility index (Phi) is 7.83. The van der Waals surface area contributed by atoms with Gasteiger partial charge < -0.3 is 15.4 Å². The molecule has 0 bridgehead atoms. The molecule has 0 fully saturated rings. The third-order valence-electron chi connectivity index (χ3n) is 5.50. The zero-order chi connectivity index (χ0) is 25.7. The van der Waals surface area contributed by atoms with Crippen LogP contribution in [0, 0.1) is 0 Å². The van der Waals surface area contributed by atoms with Crippen molar-refractivity contribution in [3.8, 4) is 0 Å². The predicted molar refractivity (Wildman–Crippen MR) is 140 cm³/mol. The summed E-state index contributed by atoms with van der Waals surface area (Å²) in [5, 5.41) is 7.73. The third-order valence-corrected chi connectivity index (χ3v) is 6.24. The van der Waals surface area contributed by atoms with Crippen LogP contribution in [0.25, 0.3) is 10.8 Å². The van der Waals surface area contributed by atoms with Crippen molar-refractivity contribution < 1.29 is 19.1 Å². The van der Waals surface area contributed by atoms with Crippen LogP contribution in [0.5, 0.6) is 0 Å². The smallest absolute Gasteiger partial charge is 0.319 e. The number of halogens is 2. The average molecular weight is 522 g/mol. The van der Waals surface area contributed by atoms with E-state index in [-0.39, 0.29) is 30.4 Å². The molecule has 2 N–H and O–H groups in total. The maximum atomic E-state index is 13.2. The Balaban J connectivity index is 1.45. The van der Waals surface area contributed by atoms with Gasteiger partial charge in [-0.1, -0.05) is 53.5 Å². The fraction of sp³-hybridized carbons (Fsp3) is 0.111. The number of nitrogens with one attached hydrogen (secondary N) is 2. The highest BCUT2D eigenvalue weighted by Gasteiger charge is 2.17. The maximum absolute atomic E-state index is 13.2. The van der Waals surface area contributed by atoms with Crippen molar-refractivity contribution in [3.05, 3.63) is 105 Å². The largest absolute Gasteiger partial charge is 0.469 e. The molecule has 0 aliphatic carbocycles. The maximum Gasteiger partial charge on any atom is 0.319 e. The molecule has 0 atom stereocenters. The number of carbonyl (C=O) groups excluding carboxylic acids is 3. The van der Waals surface area contributed by atoms with Crippen molar-refractivity contribution in [2.45, 2.75) is 13.0 Å². The number of esters is 1. The van der Waals surface area contributed by atoms with Gasteiger partial charge in [-0.2, -0.15) is 0 Å². The first-order valence-corrected chi connectivity index (χ1v) is 11.7. The molecule has 0 spiro atoms. The van der Waals surface area contributed by atoms with E-state index >= 15 is 0 Å². The number of aromatic nitrogens is 1. The number of nitrogens with zero attached hydrogens (tertiary/aromatic N) is 1. The predicted octanol–water partition coefficient (Wildman–Crippen LogP) is 5.81. The molecule has 0 aliphatic rings. The topological polar surface area (TPSA) is 97.4 Å². The number of rotatable bonds is 7. The highest BCUT2D eigenvalue weighted by Crippen LogP contribution is 2.25. The van der Waals surface area contributed by atoms with E-state index in [1.807, 2.05) is 18.2 Å². The summed E-state index contributed by atoms with van der Waals surface area (Å²) in [6, 6.07) is 18.5. The van der Waals surface area contributed by atoms with Crippen molar-refractivity contribution in [2.75, 3.05) is 12.4 Å². The van der Waals surface area contributed by atoms with E-state index in [9.17, 15) is 14.4 Å². The number of amides is 2. The number of urea groups is 1. The van der Waals surface area contributed by atoms with Crippen LogP contribution < -0.4 is 10.6 Å². The zero-order valence-electron chi connectivity index (χ0n) is 19.2. The van der Waals surface area contributed by atoms with Crippen LogP contribution in [0.4, 0.5) is 10.5 Å². The number of hydrogen-bond donors (Lipinski definition) is 2. The molecular weight excluding hydrogens is 501 g/mol. The Labute approximate surface area is 217 Å². The lowest BCUT2D eigenvalue weighted by Gasteiger charge is -2.11. The molecule has 7 nitrogen and oxygen atoms in total. The fourth-order valence-electron chi connectivity index (χ4n) is 3.65. The summed E-state index contributed by atoms with van der Waals surface area (Å²) in [5.41, 5.74) is 2.69. The van der Waals surface area contributed by atoms with E-state index in [0.717, 1.165) is 10.9 Å². The van der Waals surface area contributed by atoms with Gasteiger partial charge in [0.05, 0.1) is 23.6 Å². The van der Waals surface area contributed by atoms with Crippen LogP contribution >= 0.6 is 23.2 Å². The Morgan fingerprint density at radius 1 is 0.917 bits per heavy atom. The van der Waals surface area contributed by atoms with Gasteiger partial charge in [-0.15, -0.1) is 0 Å². The molecule has 0 radical (unpaired) electrons. The number of anilines is 1. The first kappa shape index (κ1) is 25.2. The quantitative estimate of drug-likeness (QED) is 0.236. The first-order valence-electron chi connectivity index (χ1n) is 10.9. The normalized spacial score (nSPS) is 10.6. The minimum atomic E-state index is -0.408. The lowest BCUT2D eigenvalue weighted by atomic mass is 9.98. The minimum Gasteiger partial charge on any atom is -0.469 e. The van der Waals surface area contributed by atoms with Crippen LogP contribution in [0.1, 0.15) is 27.2 Å². The summed E-state index contributed by atoms with van der Waals surface area (Å²) < 4.78 is 4.76. The molecule has 1 heterocycles. The molecule has 3 aromatic carbocycles. The number of ether oxygens (including phenoxy) is 1. The Hall–Kier alpha value is -3.94. The number of carbonyl (C=O) groups is 3. The minimum absolute atomic E-state index is 0.0615. The van der Waals surface area contributed by atoms with Gasteiger partial charge in [-0.05, 0) is 52.9 Å². The highest BCUT2D eigenvalue weighted by molar-refractivity contribution is 6.42. The summed E-state index contributed by atoms with van der Waals surface area (Å²) in [7, 11) is 1.33. The van der Waals surface area contributed by atoms with Crippen LogP contribution in [0.2, 0.25) is 10.0 Å². The Bertz CT molecular complexity index is 1460. The van der Waals surface area contributed by atoms with Crippen LogP contribution in [0.15, 0.2) is 72.9 Å². The molecule has 0 aliphatic heterocycles. The second kappa shape index (κ2) is 11.2. The van der Waals surface area contributed by atoms with E-state index in [0.29, 0.717) is 32.2 Å². The SMILES string of the molecule is COC(=O)Cc1cnc(C(=O)c2ccc(NC(=O)NCc3ccc(Cl)c(Cl)c3)cc2)c2ccccc12. The second-order valence-electron chi connectivity index (χ2n) is 7.89. The van der Waals surface area contributed by atoms with Gasteiger partial charge in [0.15, 0.2) is 0 Å². The second-order valence-corrected chi connectivity index (χ2v) is 8.71. The average Bonchev–Trinajstić information content (AvgIpc) is 2.89. The number of hydrogen-bond acceptors (Lipinski definition) is 5. The number of ketones is 1. The molecule has 1 aromatic heterocycles. The first-order chi connectivity index (χ1) is 17.4. The van der Waals surface area contributed by atoms with Crippen molar-refractivity contribution in [1.82, 2.24) is 10.3 Å². The monoisotopic (exact) mass is 521 g/mol. The van der Waals surface area contributed by atoms with Crippen molar-refractivity contribution in [1.29, 1.82) is 0 Å². The Morgan fingerprint density at radius 2 is 1.64 bits per heavy atom. The summed E-state index contributed by atoms with van der Waals surface area (Å²) in [4.78, 5) is 41.6. The third kappa shape index (κ3) is 5.82. The number of pyridine rings is 1. The van der Waals surface area contributed by atoms with Crippen LogP contribution in [-0.4, -0.2) is 29.9 Å². The van der Waals surface area contributed by atoms with E-state index in [1.165, 1.54) is 13.3 Å². The molecule has 0 saturated heterocycles. The number of methoxy groups -OCH3 is 1. The molecule has 0 unspecified atom stereocenters. The van der Waals surface area contributed by atoms with E-state index in [1.54, 1.807) is 48.5 Å². The highest BCUT2D eigenvalue weighted by atomic mass is 35.5. The van der Waals surface area contributed by atoms with Gasteiger partial charge in [-0.3, -0.25) is 14.6 Å². The van der Waals surface area contributed by atoms with Gasteiger partial charge in [-0.25, -0.2) is 4.79 Å².